The predicted molar refractivity (Wildman–Crippen MR) is 71.9 cm³/mol. The molecule has 1 rings (SSSR count). The molecule has 0 radical (unpaired) electrons. The Hall–Kier alpha value is -1.02. The maximum atomic E-state index is 9.17. The average Bonchev–Trinajstić information content (AvgIpc) is 2.27. The van der Waals surface area contributed by atoms with E-state index in [2.05, 4.69) is 27.2 Å². The van der Waals surface area contributed by atoms with E-state index in [9.17, 15) is 0 Å². The lowest BCUT2D eigenvalue weighted by Crippen LogP contribution is -2.24. The summed E-state index contributed by atoms with van der Waals surface area (Å²) in [7, 11) is 0. The third-order valence-corrected chi connectivity index (χ3v) is 2.58. The molecule has 0 fully saturated rings. The molecule has 1 aromatic carbocycles. The van der Waals surface area contributed by atoms with Crippen molar-refractivity contribution in [2.45, 2.75) is 19.6 Å². The Morgan fingerprint density at radius 3 is 3.00 bits per heavy atom. The van der Waals surface area contributed by atoms with Gasteiger partial charge in [0.25, 0.3) is 0 Å². The van der Waals surface area contributed by atoms with E-state index in [1.807, 2.05) is 18.2 Å². The van der Waals surface area contributed by atoms with Crippen molar-refractivity contribution in [3.8, 4) is 18.1 Å². The van der Waals surface area contributed by atoms with E-state index in [0.717, 1.165) is 15.8 Å². The van der Waals surface area contributed by atoms with Crippen molar-refractivity contribution in [2.75, 3.05) is 13.2 Å². The molecule has 4 heteroatoms. The number of benzene rings is 1. The molecule has 1 unspecified atom stereocenters. The fourth-order valence-electron chi connectivity index (χ4n) is 1.36. The molecule has 0 spiro atoms. The quantitative estimate of drug-likeness (QED) is 0.789. The van der Waals surface area contributed by atoms with Crippen molar-refractivity contribution in [1.82, 2.24) is 5.32 Å². The number of terminal acetylenes is 1. The SMILES string of the molecule is C#CCOc1ccc(Br)cc1CNCC(C)O. The molecule has 17 heavy (non-hydrogen) atoms. The van der Waals surface area contributed by atoms with Crippen LogP contribution in [-0.4, -0.2) is 24.4 Å². The lowest BCUT2D eigenvalue weighted by atomic mass is 10.2. The van der Waals surface area contributed by atoms with Crippen LogP contribution in [-0.2, 0) is 6.54 Å². The zero-order chi connectivity index (χ0) is 12.7. The van der Waals surface area contributed by atoms with Gasteiger partial charge in [-0.05, 0) is 25.1 Å². The monoisotopic (exact) mass is 297 g/mol. The topological polar surface area (TPSA) is 41.5 Å². The number of rotatable bonds is 6. The van der Waals surface area contributed by atoms with Gasteiger partial charge in [-0.15, -0.1) is 6.42 Å². The van der Waals surface area contributed by atoms with E-state index in [0.29, 0.717) is 13.1 Å². The summed E-state index contributed by atoms with van der Waals surface area (Å²) in [6.45, 7) is 3.17. The second kappa shape index (κ2) is 7.33. The molecule has 0 aliphatic rings. The highest BCUT2D eigenvalue weighted by atomic mass is 79.9. The van der Waals surface area contributed by atoms with Crippen LogP contribution in [0.25, 0.3) is 0 Å². The molecular weight excluding hydrogens is 282 g/mol. The van der Waals surface area contributed by atoms with E-state index in [1.165, 1.54) is 0 Å². The van der Waals surface area contributed by atoms with Gasteiger partial charge in [-0.1, -0.05) is 21.9 Å². The van der Waals surface area contributed by atoms with Gasteiger partial charge in [-0.2, -0.15) is 0 Å². The highest BCUT2D eigenvalue weighted by Gasteiger charge is 2.04. The fourth-order valence-corrected chi connectivity index (χ4v) is 1.77. The van der Waals surface area contributed by atoms with E-state index < -0.39 is 0 Å². The first kappa shape index (κ1) is 14.0. The molecule has 0 aromatic heterocycles. The maximum Gasteiger partial charge on any atom is 0.148 e. The highest BCUT2D eigenvalue weighted by Crippen LogP contribution is 2.23. The summed E-state index contributed by atoms with van der Waals surface area (Å²) >= 11 is 3.41. The third-order valence-electron chi connectivity index (χ3n) is 2.09. The van der Waals surface area contributed by atoms with Crippen LogP contribution in [0.1, 0.15) is 12.5 Å². The number of halogens is 1. The van der Waals surface area contributed by atoms with Gasteiger partial charge >= 0.3 is 0 Å². The number of aliphatic hydroxyl groups excluding tert-OH is 1. The standard InChI is InChI=1S/C13H16BrNO2/c1-3-6-17-13-5-4-12(14)7-11(13)9-15-8-10(2)16/h1,4-5,7,10,15-16H,6,8-9H2,2H3. The van der Waals surface area contributed by atoms with Crippen LogP contribution in [0.15, 0.2) is 22.7 Å². The fraction of sp³-hybridized carbons (Fsp3) is 0.385. The Labute approximate surface area is 110 Å². The van der Waals surface area contributed by atoms with Gasteiger partial charge in [-0.25, -0.2) is 0 Å². The average molecular weight is 298 g/mol. The Morgan fingerprint density at radius 1 is 1.59 bits per heavy atom. The van der Waals surface area contributed by atoms with Crippen LogP contribution < -0.4 is 10.1 Å². The number of nitrogens with one attached hydrogen (secondary N) is 1. The van der Waals surface area contributed by atoms with E-state index in [1.54, 1.807) is 6.92 Å². The molecule has 92 valence electrons. The molecular formula is C13H16BrNO2. The Balaban J connectivity index is 2.66. The van der Waals surface area contributed by atoms with Crippen molar-refractivity contribution in [1.29, 1.82) is 0 Å². The van der Waals surface area contributed by atoms with Crippen molar-refractivity contribution in [3.63, 3.8) is 0 Å². The van der Waals surface area contributed by atoms with Crippen molar-refractivity contribution < 1.29 is 9.84 Å². The first-order valence-electron chi connectivity index (χ1n) is 5.37. The minimum Gasteiger partial charge on any atom is -0.481 e. The van der Waals surface area contributed by atoms with E-state index in [-0.39, 0.29) is 12.7 Å². The van der Waals surface area contributed by atoms with Crippen LogP contribution in [0.4, 0.5) is 0 Å². The smallest absolute Gasteiger partial charge is 0.148 e. The Kier molecular flexibility index (Phi) is 6.06. The first-order chi connectivity index (χ1) is 8.13. The van der Waals surface area contributed by atoms with Gasteiger partial charge in [0.2, 0.25) is 0 Å². The number of ether oxygens (including phenoxy) is 1. The minimum absolute atomic E-state index is 0.255. The molecule has 2 N–H and O–H groups in total. The Morgan fingerprint density at radius 2 is 2.35 bits per heavy atom. The first-order valence-corrected chi connectivity index (χ1v) is 6.16. The third kappa shape index (κ3) is 5.22. The van der Waals surface area contributed by atoms with Crippen molar-refractivity contribution in [3.05, 3.63) is 28.2 Å². The summed E-state index contributed by atoms with van der Waals surface area (Å²) in [4.78, 5) is 0. The van der Waals surface area contributed by atoms with Gasteiger partial charge in [-0.3, -0.25) is 0 Å². The number of hydrogen-bond acceptors (Lipinski definition) is 3. The molecule has 0 amide bonds. The summed E-state index contributed by atoms with van der Waals surface area (Å²) in [6.07, 6.45) is 4.80. The summed E-state index contributed by atoms with van der Waals surface area (Å²) in [5.74, 6) is 3.21. The number of aliphatic hydroxyl groups is 1. The van der Waals surface area contributed by atoms with Gasteiger partial charge in [0.1, 0.15) is 12.4 Å². The zero-order valence-electron chi connectivity index (χ0n) is 9.74. The van der Waals surface area contributed by atoms with Crippen LogP contribution in [0.5, 0.6) is 5.75 Å². The van der Waals surface area contributed by atoms with Gasteiger partial charge < -0.3 is 15.2 Å². The second-order valence-electron chi connectivity index (χ2n) is 3.72. The molecule has 0 aliphatic carbocycles. The van der Waals surface area contributed by atoms with Crippen LogP contribution in [0.3, 0.4) is 0 Å². The maximum absolute atomic E-state index is 9.17. The molecule has 0 saturated carbocycles. The lowest BCUT2D eigenvalue weighted by molar-refractivity contribution is 0.190. The van der Waals surface area contributed by atoms with Crippen molar-refractivity contribution in [2.24, 2.45) is 0 Å². The van der Waals surface area contributed by atoms with Crippen LogP contribution >= 0.6 is 15.9 Å². The molecule has 0 aliphatic heterocycles. The van der Waals surface area contributed by atoms with E-state index >= 15 is 0 Å². The van der Waals surface area contributed by atoms with Gasteiger partial charge in [0, 0.05) is 23.1 Å². The van der Waals surface area contributed by atoms with Crippen LogP contribution in [0.2, 0.25) is 0 Å². The second-order valence-corrected chi connectivity index (χ2v) is 4.64. The minimum atomic E-state index is -0.364. The van der Waals surface area contributed by atoms with Crippen molar-refractivity contribution >= 4 is 15.9 Å². The van der Waals surface area contributed by atoms with Gasteiger partial charge in [0.05, 0.1) is 6.10 Å². The molecule has 0 heterocycles. The molecule has 3 nitrogen and oxygen atoms in total. The highest BCUT2D eigenvalue weighted by molar-refractivity contribution is 9.10. The van der Waals surface area contributed by atoms with E-state index in [4.69, 9.17) is 16.3 Å². The van der Waals surface area contributed by atoms with Gasteiger partial charge in [0.15, 0.2) is 0 Å². The number of hydrogen-bond donors (Lipinski definition) is 2. The molecule has 0 bridgehead atoms. The summed E-state index contributed by atoms with van der Waals surface area (Å²) < 4.78 is 6.42. The lowest BCUT2D eigenvalue weighted by Gasteiger charge is -2.12. The normalized spacial score (nSPS) is 11.9. The molecule has 0 saturated heterocycles. The summed E-state index contributed by atoms with van der Waals surface area (Å²) in [5.41, 5.74) is 1.01. The Bertz CT molecular complexity index is 399. The molecule has 1 atom stereocenters. The summed E-state index contributed by atoms with van der Waals surface area (Å²) in [5, 5.41) is 12.3. The summed E-state index contributed by atoms with van der Waals surface area (Å²) in [6, 6.07) is 5.76. The predicted octanol–water partition coefficient (Wildman–Crippen LogP) is 1.93. The zero-order valence-corrected chi connectivity index (χ0v) is 11.3. The van der Waals surface area contributed by atoms with Crippen LogP contribution in [0, 0.1) is 12.3 Å². The largest absolute Gasteiger partial charge is 0.481 e. The molecule has 1 aromatic rings.